The van der Waals surface area contributed by atoms with Crippen molar-refractivity contribution in [2.24, 2.45) is 13.0 Å². The van der Waals surface area contributed by atoms with Gasteiger partial charge in [-0.05, 0) is 30.2 Å². The first-order chi connectivity index (χ1) is 10.1. The molecule has 1 heterocycles. The topological polar surface area (TPSA) is 33.1 Å². The number of rotatable bonds is 7. The molecule has 0 atom stereocenters. The molecule has 114 valence electrons. The van der Waals surface area contributed by atoms with Crippen LogP contribution in [0.15, 0.2) is 36.7 Å². The van der Waals surface area contributed by atoms with E-state index in [0.717, 1.165) is 25.5 Å². The zero-order valence-electron chi connectivity index (χ0n) is 13.5. The number of hydrogen-bond donors (Lipinski definition) is 1. The summed E-state index contributed by atoms with van der Waals surface area (Å²) in [7, 11) is 4.13. The predicted molar refractivity (Wildman–Crippen MR) is 88.3 cm³/mol. The van der Waals surface area contributed by atoms with E-state index in [9.17, 15) is 0 Å². The van der Waals surface area contributed by atoms with Crippen LogP contribution in [0.5, 0.6) is 0 Å². The molecule has 1 N–H and O–H groups in total. The molecule has 21 heavy (non-hydrogen) atoms. The monoisotopic (exact) mass is 286 g/mol. The molecule has 1 aromatic heterocycles. The second kappa shape index (κ2) is 7.27. The second-order valence-corrected chi connectivity index (χ2v) is 6.00. The maximum atomic E-state index is 4.37. The highest BCUT2D eigenvalue weighted by Gasteiger charge is 2.05. The van der Waals surface area contributed by atoms with Gasteiger partial charge in [0.25, 0.3) is 0 Å². The van der Waals surface area contributed by atoms with Gasteiger partial charge in [-0.15, -0.1) is 0 Å². The molecule has 0 unspecified atom stereocenters. The van der Waals surface area contributed by atoms with E-state index in [4.69, 9.17) is 0 Å². The molecular weight excluding hydrogens is 260 g/mol. The average molecular weight is 286 g/mol. The van der Waals surface area contributed by atoms with Crippen molar-refractivity contribution in [2.45, 2.75) is 26.9 Å². The number of aryl methyl sites for hydroxylation is 1. The predicted octanol–water partition coefficient (Wildman–Crippen LogP) is 2.80. The third kappa shape index (κ3) is 4.60. The number of nitrogens with zero attached hydrogens (tertiary/aromatic N) is 3. The number of imidazole rings is 1. The molecule has 0 spiro atoms. The summed E-state index contributed by atoms with van der Waals surface area (Å²) >= 11 is 0. The van der Waals surface area contributed by atoms with Crippen LogP contribution in [-0.4, -0.2) is 23.1 Å². The van der Waals surface area contributed by atoms with E-state index in [1.807, 2.05) is 19.4 Å². The molecular formula is C17H26N4. The van der Waals surface area contributed by atoms with E-state index in [0.29, 0.717) is 5.92 Å². The Hall–Kier alpha value is -1.81. The van der Waals surface area contributed by atoms with Gasteiger partial charge in [0.1, 0.15) is 5.82 Å². The standard InChI is InChI=1S/C17H26N4/c1-14(2)11-18-12-15-5-7-16(8-6-15)21(4)13-17-19-9-10-20(17)3/h5-10,14,18H,11-13H2,1-4H3. The molecule has 0 fully saturated rings. The maximum Gasteiger partial charge on any atom is 0.127 e. The van der Waals surface area contributed by atoms with Crippen molar-refractivity contribution in [1.29, 1.82) is 0 Å². The first kappa shape index (κ1) is 15.6. The second-order valence-electron chi connectivity index (χ2n) is 6.00. The zero-order valence-corrected chi connectivity index (χ0v) is 13.5. The van der Waals surface area contributed by atoms with E-state index in [2.05, 4.69) is 64.9 Å². The van der Waals surface area contributed by atoms with Gasteiger partial charge in [0.15, 0.2) is 0 Å². The van der Waals surface area contributed by atoms with Crippen molar-refractivity contribution >= 4 is 5.69 Å². The molecule has 0 amide bonds. The number of benzene rings is 1. The van der Waals surface area contributed by atoms with Crippen molar-refractivity contribution < 1.29 is 0 Å². The molecule has 0 aliphatic heterocycles. The van der Waals surface area contributed by atoms with Gasteiger partial charge in [0.05, 0.1) is 6.54 Å². The molecule has 0 saturated heterocycles. The highest BCUT2D eigenvalue weighted by atomic mass is 15.2. The molecule has 1 aromatic carbocycles. The first-order valence-corrected chi connectivity index (χ1v) is 7.53. The largest absolute Gasteiger partial charge is 0.367 e. The lowest BCUT2D eigenvalue weighted by atomic mass is 10.1. The minimum Gasteiger partial charge on any atom is -0.367 e. The van der Waals surface area contributed by atoms with Gasteiger partial charge in [-0.3, -0.25) is 0 Å². The fourth-order valence-corrected chi connectivity index (χ4v) is 2.23. The Morgan fingerprint density at radius 3 is 2.52 bits per heavy atom. The summed E-state index contributed by atoms with van der Waals surface area (Å²) < 4.78 is 2.06. The quantitative estimate of drug-likeness (QED) is 0.849. The lowest BCUT2D eigenvalue weighted by Gasteiger charge is -2.19. The van der Waals surface area contributed by atoms with Gasteiger partial charge >= 0.3 is 0 Å². The minimum absolute atomic E-state index is 0.688. The number of aromatic nitrogens is 2. The molecule has 0 aliphatic carbocycles. The molecule has 0 radical (unpaired) electrons. The van der Waals surface area contributed by atoms with E-state index in [-0.39, 0.29) is 0 Å². The van der Waals surface area contributed by atoms with E-state index < -0.39 is 0 Å². The lowest BCUT2D eigenvalue weighted by Crippen LogP contribution is -2.20. The van der Waals surface area contributed by atoms with E-state index >= 15 is 0 Å². The van der Waals surface area contributed by atoms with Crippen molar-refractivity contribution in [3.63, 3.8) is 0 Å². The van der Waals surface area contributed by atoms with Crippen LogP contribution >= 0.6 is 0 Å². The van der Waals surface area contributed by atoms with Gasteiger partial charge in [0.2, 0.25) is 0 Å². The van der Waals surface area contributed by atoms with Crippen molar-refractivity contribution in [1.82, 2.24) is 14.9 Å². The molecule has 0 aliphatic rings. The normalized spacial score (nSPS) is 11.1. The summed E-state index contributed by atoms with van der Waals surface area (Å²) in [5.41, 5.74) is 2.54. The van der Waals surface area contributed by atoms with Crippen molar-refractivity contribution in [3.8, 4) is 0 Å². The van der Waals surface area contributed by atoms with Gasteiger partial charge in [-0.25, -0.2) is 4.98 Å². The minimum atomic E-state index is 0.688. The van der Waals surface area contributed by atoms with Crippen molar-refractivity contribution in [3.05, 3.63) is 48.0 Å². The van der Waals surface area contributed by atoms with Crippen LogP contribution in [0.25, 0.3) is 0 Å². The summed E-state index contributed by atoms with van der Waals surface area (Å²) in [5, 5.41) is 3.47. The van der Waals surface area contributed by atoms with Gasteiger partial charge in [0, 0.05) is 38.7 Å². The summed E-state index contributed by atoms with van der Waals surface area (Å²) in [6, 6.07) is 8.74. The zero-order chi connectivity index (χ0) is 15.2. The Labute approximate surface area is 127 Å². The molecule has 2 aromatic rings. The summed E-state index contributed by atoms with van der Waals surface area (Å²) in [6.45, 7) is 7.25. The Morgan fingerprint density at radius 2 is 1.95 bits per heavy atom. The Balaban J connectivity index is 1.90. The van der Waals surface area contributed by atoms with Crippen LogP contribution in [-0.2, 0) is 20.1 Å². The Morgan fingerprint density at radius 1 is 1.24 bits per heavy atom. The third-order valence-corrected chi connectivity index (χ3v) is 3.56. The van der Waals surface area contributed by atoms with Gasteiger partial charge in [-0.2, -0.15) is 0 Å². The highest BCUT2D eigenvalue weighted by Crippen LogP contribution is 2.16. The fraction of sp³-hybridized carbons (Fsp3) is 0.471. The van der Waals surface area contributed by atoms with E-state index in [1.54, 1.807) is 0 Å². The molecule has 2 rings (SSSR count). The van der Waals surface area contributed by atoms with Crippen LogP contribution in [0.3, 0.4) is 0 Å². The average Bonchev–Trinajstić information content (AvgIpc) is 2.84. The Bertz CT molecular complexity index is 542. The summed E-state index contributed by atoms with van der Waals surface area (Å²) in [4.78, 5) is 6.58. The van der Waals surface area contributed by atoms with E-state index in [1.165, 1.54) is 11.3 Å². The highest BCUT2D eigenvalue weighted by molar-refractivity contribution is 5.46. The smallest absolute Gasteiger partial charge is 0.127 e. The number of nitrogens with one attached hydrogen (secondary N) is 1. The lowest BCUT2D eigenvalue weighted by molar-refractivity contribution is 0.552. The maximum absolute atomic E-state index is 4.37. The SMILES string of the molecule is CC(C)CNCc1ccc(N(C)Cc2nccn2C)cc1. The number of hydrogen-bond acceptors (Lipinski definition) is 3. The third-order valence-electron chi connectivity index (χ3n) is 3.56. The first-order valence-electron chi connectivity index (χ1n) is 7.53. The molecule has 4 nitrogen and oxygen atoms in total. The summed E-state index contributed by atoms with van der Waals surface area (Å²) in [5.74, 6) is 1.76. The van der Waals surface area contributed by atoms with Crippen LogP contribution in [0.2, 0.25) is 0 Å². The Kier molecular flexibility index (Phi) is 5.39. The fourth-order valence-electron chi connectivity index (χ4n) is 2.23. The van der Waals surface area contributed by atoms with Gasteiger partial charge in [-0.1, -0.05) is 26.0 Å². The summed E-state index contributed by atoms with van der Waals surface area (Å²) in [6.07, 6.45) is 3.82. The number of anilines is 1. The van der Waals surface area contributed by atoms with Crippen LogP contribution in [0.1, 0.15) is 25.2 Å². The van der Waals surface area contributed by atoms with Crippen molar-refractivity contribution in [2.75, 3.05) is 18.5 Å². The van der Waals surface area contributed by atoms with Crippen LogP contribution < -0.4 is 10.2 Å². The molecule has 0 saturated carbocycles. The van der Waals surface area contributed by atoms with Crippen LogP contribution in [0.4, 0.5) is 5.69 Å². The molecule has 0 bridgehead atoms. The molecule has 4 heteroatoms. The van der Waals surface area contributed by atoms with Gasteiger partial charge < -0.3 is 14.8 Å². The van der Waals surface area contributed by atoms with Crippen LogP contribution in [0, 0.1) is 5.92 Å².